The van der Waals surface area contributed by atoms with Gasteiger partial charge in [0.1, 0.15) is 0 Å². The molecular formula is C14H30N2O. The number of piperazine rings is 1. The second-order valence-electron chi connectivity index (χ2n) is 6.04. The molecule has 17 heavy (non-hydrogen) atoms. The predicted molar refractivity (Wildman–Crippen MR) is 73.3 cm³/mol. The molecule has 1 aliphatic heterocycles. The van der Waals surface area contributed by atoms with E-state index in [4.69, 9.17) is 0 Å². The second-order valence-corrected chi connectivity index (χ2v) is 6.04. The van der Waals surface area contributed by atoms with E-state index in [-0.39, 0.29) is 11.6 Å². The molecule has 2 atom stereocenters. The molecule has 0 bridgehead atoms. The van der Waals surface area contributed by atoms with Gasteiger partial charge < -0.3 is 5.11 Å². The molecule has 1 fully saturated rings. The van der Waals surface area contributed by atoms with Crippen molar-refractivity contribution >= 4 is 0 Å². The third-order valence-electron chi connectivity index (χ3n) is 4.26. The minimum atomic E-state index is -0.163. The van der Waals surface area contributed by atoms with Gasteiger partial charge in [-0.2, -0.15) is 0 Å². The maximum atomic E-state index is 10.2. The van der Waals surface area contributed by atoms with Gasteiger partial charge in [0.25, 0.3) is 0 Å². The second kappa shape index (κ2) is 6.17. The molecular weight excluding hydrogens is 212 g/mol. The topological polar surface area (TPSA) is 26.7 Å². The van der Waals surface area contributed by atoms with Crippen molar-refractivity contribution in [2.24, 2.45) is 0 Å². The lowest BCUT2D eigenvalue weighted by Gasteiger charge is -2.48. The summed E-state index contributed by atoms with van der Waals surface area (Å²) in [6.45, 7) is 12.2. The zero-order valence-electron chi connectivity index (χ0n) is 12.2. The minimum Gasteiger partial charge on any atom is -0.391 e. The standard InChI is InChI=1S/C14H30N2O/c1-6-8-13(17)12(7-2)16-10-9-15(5)14(3,4)11-16/h12-13,17H,6-11H2,1-5H3. The summed E-state index contributed by atoms with van der Waals surface area (Å²) in [5.74, 6) is 0. The molecule has 1 heterocycles. The van der Waals surface area contributed by atoms with Crippen molar-refractivity contribution in [1.29, 1.82) is 0 Å². The van der Waals surface area contributed by atoms with Gasteiger partial charge in [-0.25, -0.2) is 0 Å². The highest BCUT2D eigenvalue weighted by Crippen LogP contribution is 2.23. The first-order chi connectivity index (χ1) is 7.92. The summed E-state index contributed by atoms with van der Waals surface area (Å²) in [6.07, 6.45) is 2.87. The average molecular weight is 242 g/mol. The molecule has 0 radical (unpaired) electrons. The maximum absolute atomic E-state index is 10.2. The molecule has 1 aliphatic rings. The van der Waals surface area contributed by atoms with Gasteiger partial charge in [0.2, 0.25) is 0 Å². The van der Waals surface area contributed by atoms with E-state index in [0.29, 0.717) is 6.04 Å². The van der Waals surface area contributed by atoms with Crippen molar-refractivity contribution in [2.45, 2.75) is 64.6 Å². The Morgan fingerprint density at radius 1 is 1.24 bits per heavy atom. The van der Waals surface area contributed by atoms with Crippen molar-refractivity contribution in [2.75, 3.05) is 26.7 Å². The van der Waals surface area contributed by atoms with Crippen molar-refractivity contribution in [3.63, 3.8) is 0 Å². The third-order valence-corrected chi connectivity index (χ3v) is 4.26. The van der Waals surface area contributed by atoms with Crippen LogP contribution in [0.4, 0.5) is 0 Å². The normalized spacial score (nSPS) is 25.8. The molecule has 1 saturated heterocycles. The van der Waals surface area contributed by atoms with Gasteiger partial charge in [0, 0.05) is 31.2 Å². The molecule has 0 aromatic carbocycles. The van der Waals surface area contributed by atoms with Crippen LogP contribution in [0.1, 0.15) is 47.0 Å². The van der Waals surface area contributed by atoms with Crippen molar-refractivity contribution in [3.8, 4) is 0 Å². The molecule has 0 aromatic heterocycles. The third kappa shape index (κ3) is 3.67. The summed E-state index contributed by atoms with van der Waals surface area (Å²) in [5, 5.41) is 10.2. The van der Waals surface area contributed by atoms with E-state index in [1.165, 1.54) is 0 Å². The Balaban J connectivity index is 2.64. The van der Waals surface area contributed by atoms with E-state index >= 15 is 0 Å². The van der Waals surface area contributed by atoms with E-state index in [9.17, 15) is 5.11 Å². The molecule has 102 valence electrons. The van der Waals surface area contributed by atoms with Crippen LogP contribution in [-0.2, 0) is 0 Å². The quantitative estimate of drug-likeness (QED) is 0.798. The van der Waals surface area contributed by atoms with Crippen LogP contribution in [0, 0.1) is 0 Å². The first-order valence-electron chi connectivity index (χ1n) is 7.05. The Bertz CT molecular complexity index is 230. The van der Waals surface area contributed by atoms with Crippen LogP contribution in [0.2, 0.25) is 0 Å². The molecule has 0 amide bonds. The summed E-state index contributed by atoms with van der Waals surface area (Å²) >= 11 is 0. The summed E-state index contributed by atoms with van der Waals surface area (Å²) < 4.78 is 0. The van der Waals surface area contributed by atoms with Crippen LogP contribution in [0.25, 0.3) is 0 Å². The summed E-state index contributed by atoms with van der Waals surface area (Å²) in [5.41, 5.74) is 0.220. The van der Waals surface area contributed by atoms with Gasteiger partial charge in [-0.3, -0.25) is 9.80 Å². The maximum Gasteiger partial charge on any atom is 0.0695 e. The molecule has 0 spiro atoms. The fourth-order valence-corrected chi connectivity index (χ4v) is 2.82. The zero-order chi connectivity index (χ0) is 13.1. The van der Waals surface area contributed by atoms with Gasteiger partial charge >= 0.3 is 0 Å². The number of likely N-dealkylation sites (N-methyl/N-ethyl adjacent to an activating group) is 1. The Morgan fingerprint density at radius 2 is 1.88 bits per heavy atom. The Labute approximate surface area is 107 Å². The van der Waals surface area contributed by atoms with Gasteiger partial charge in [-0.1, -0.05) is 20.3 Å². The monoisotopic (exact) mass is 242 g/mol. The molecule has 3 heteroatoms. The van der Waals surface area contributed by atoms with Crippen LogP contribution in [0.15, 0.2) is 0 Å². The lowest BCUT2D eigenvalue weighted by atomic mass is 9.95. The van der Waals surface area contributed by atoms with E-state index in [0.717, 1.165) is 38.9 Å². The van der Waals surface area contributed by atoms with Crippen molar-refractivity contribution < 1.29 is 5.11 Å². The lowest BCUT2D eigenvalue weighted by Crippen LogP contribution is -2.61. The van der Waals surface area contributed by atoms with E-state index in [2.05, 4.69) is 44.5 Å². The number of nitrogens with zero attached hydrogens (tertiary/aromatic N) is 2. The predicted octanol–water partition coefficient (Wildman–Crippen LogP) is 1.95. The van der Waals surface area contributed by atoms with Gasteiger partial charge in [-0.15, -0.1) is 0 Å². The van der Waals surface area contributed by atoms with Crippen molar-refractivity contribution in [1.82, 2.24) is 9.80 Å². The molecule has 0 aliphatic carbocycles. The van der Waals surface area contributed by atoms with Gasteiger partial charge in [0.05, 0.1) is 6.10 Å². The molecule has 3 nitrogen and oxygen atoms in total. The first kappa shape index (κ1) is 14.9. The Kier molecular flexibility index (Phi) is 5.42. The largest absolute Gasteiger partial charge is 0.391 e. The minimum absolute atomic E-state index is 0.163. The number of hydrogen-bond donors (Lipinski definition) is 1. The SMILES string of the molecule is CCCC(O)C(CC)N1CCN(C)C(C)(C)C1. The van der Waals surface area contributed by atoms with E-state index < -0.39 is 0 Å². The summed E-state index contributed by atoms with van der Waals surface area (Å²) in [6, 6.07) is 0.336. The van der Waals surface area contributed by atoms with Crippen LogP contribution >= 0.6 is 0 Å². The van der Waals surface area contributed by atoms with Crippen LogP contribution in [0.5, 0.6) is 0 Å². The van der Waals surface area contributed by atoms with E-state index in [1.807, 2.05) is 0 Å². The number of hydrogen-bond acceptors (Lipinski definition) is 3. The summed E-state index contributed by atoms with van der Waals surface area (Å²) in [7, 11) is 2.20. The fraction of sp³-hybridized carbons (Fsp3) is 1.00. The van der Waals surface area contributed by atoms with Crippen LogP contribution in [0.3, 0.4) is 0 Å². The average Bonchev–Trinajstić information content (AvgIpc) is 2.24. The highest BCUT2D eigenvalue weighted by Gasteiger charge is 2.35. The highest BCUT2D eigenvalue weighted by molar-refractivity contribution is 4.92. The smallest absolute Gasteiger partial charge is 0.0695 e. The van der Waals surface area contributed by atoms with Gasteiger partial charge in [0.15, 0.2) is 0 Å². The lowest BCUT2D eigenvalue weighted by molar-refractivity contribution is -0.0270. The van der Waals surface area contributed by atoms with Crippen LogP contribution in [-0.4, -0.2) is 59.3 Å². The van der Waals surface area contributed by atoms with Crippen molar-refractivity contribution in [3.05, 3.63) is 0 Å². The number of rotatable bonds is 5. The highest BCUT2D eigenvalue weighted by atomic mass is 16.3. The number of aliphatic hydroxyl groups is 1. The molecule has 1 rings (SSSR count). The molecule has 0 saturated carbocycles. The number of aliphatic hydroxyl groups excluding tert-OH is 1. The molecule has 0 aromatic rings. The van der Waals surface area contributed by atoms with E-state index in [1.54, 1.807) is 0 Å². The molecule has 1 N–H and O–H groups in total. The first-order valence-corrected chi connectivity index (χ1v) is 7.05. The van der Waals surface area contributed by atoms with Gasteiger partial charge in [-0.05, 0) is 33.7 Å². The fourth-order valence-electron chi connectivity index (χ4n) is 2.82. The Hall–Kier alpha value is -0.120. The summed E-state index contributed by atoms with van der Waals surface area (Å²) in [4.78, 5) is 4.91. The molecule has 2 unspecified atom stereocenters. The Morgan fingerprint density at radius 3 is 2.35 bits per heavy atom. The van der Waals surface area contributed by atoms with Crippen LogP contribution < -0.4 is 0 Å². The zero-order valence-corrected chi connectivity index (χ0v) is 12.2.